The Bertz CT molecular complexity index is 770. The molecule has 0 unspecified atom stereocenters. The summed E-state index contributed by atoms with van der Waals surface area (Å²) in [5.74, 6) is 1.36. The van der Waals surface area contributed by atoms with Crippen molar-refractivity contribution in [2.45, 2.75) is 6.54 Å². The SMILES string of the molecule is Nc1nc(NCc2cc(Br)c3c(c2)OCCO3)ncc1[N+](=O)[O-]. The molecule has 0 saturated heterocycles. The van der Waals surface area contributed by atoms with Gasteiger partial charge in [-0.2, -0.15) is 4.98 Å². The third-order valence-corrected chi connectivity index (χ3v) is 3.69. The molecule has 23 heavy (non-hydrogen) atoms. The lowest BCUT2D eigenvalue weighted by molar-refractivity contribution is -0.384. The van der Waals surface area contributed by atoms with Crippen LogP contribution >= 0.6 is 15.9 Å². The van der Waals surface area contributed by atoms with Crippen LogP contribution in [0.1, 0.15) is 5.56 Å². The molecule has 10 heteroatoms. The summed E-state index contributed by atoms with van der Waals surface area (Å²) in [5, 5.41) is 13.6. The van der Waals surface area contributed by atoms with Crippen molar-refractivity contribution in [2.75, 3.05) is 24.3 Å². The fourth-order valence-corrected chi connectivity index (χ4v) is 2.67. The van der Waals surface area contributed by atoms with Crippen molar-refractivity contribution in [1.29, 1.82) is 0 Å². The highest BCUT2D eigenvalue weighted by molar-refractivity contribution is 9.10. The summed E-state index contributed by atoms with van der Waals surface area (Å²) in [6, 6.07) is 3.73. The third-order valence-electron chi connectivity index (χ3n) is 3.10. The third kappa shape index (κ3) is 3.26. The van der Waals surface area contributed by atoms with Gasteiger partial charge in [-0.05, 0) is 33.6 Å². The lowest BCUT2D eigenvalue weighted by Crippen LogP contribution is -2.16. The van der Waals surface area contributed by atoms with E-state index < -0.39 is 4.92 Å². The maximum absolute atomic E-state index is 10.7. The molecule has 0 amide bonds. The quantitative estimate of drug-likeness (QED) is 0.608. The second-order valence-corrected chi connectivity index (χ2v) is 5.53. The molecule has 0 spiro atoms. The standard InChI is InChI=1S/C13H12BrN5O4/c14-8-3-7(4-10-11(8)23-2-1-22-10)5-16-13-17-6-9(19(20)21)12(15)18-13/h3-4,6H,1-2,5H2,(H3,15,16,17,18). The number of aromatic nitrogens is 2. The molecule has 120 valence electrons. The van der Waals surface area contributed by atoms with Crippen LogP contribution in [0.5, 0.6) is 11.5 Å². The maximum atomic E-state index is 10.7. The Labute approximate surface area is 139 Å². The highest BCUT2D eigenvalue weighted by atomic mass is 79.9. The van der Waals surface area contributed by atoms with Gasteiger partial charge < -0.3 is 20.5 Å². The Morgan fingerprint density at radius 3 is 2.91 bits per heavy atom. The molecule has 1 aliphatic heterocycles. The Hall–Kier alpha value is -2.62. The second-order valence-electron chi connectivity index (χ2n) is 4.68. The van der Waals surface area contributed by atoms with Gasteiger partial charge in [-0.1, -0.05) is 0 Å². The van der Waals surface area contributed by atoms with E-state index in [2.05, 4.69) is 31.2 Å². The zero-order valence-electron chi connectivity index (χ0n) is 11.8. The summed E-state index contributed by atoms with van der Waals surface area (Å²) in [4.78, 5) is 17.8. The topological polar surface area (TPSA) is 125 Å². The normalized spacial score (nSPS) is 12.7. The Morgan fingerprint density at radius 2 is 2.17 bits per heavy atom. The second kappa shape index (κ2) is 6.24. The summed E-state index contributed by atoms with van der Waals surface area (Å²) in [7, 11) is 0. The van der Waals surface area contributed by atoms with Crippen LogP contribution < -0.4 is 20.5 Å². The minimum atomic E-state index is -0.628. The molecule has 0 aliphatic carbocycles. The molecule has 2 aromatic rings. The fourth-order valence-electron chi connectivity index (χ4n) is 2.06. The number of rotatable bonds is 4. The van der Waals surface area contributed by atoms with Crippen LogP contribution in [-0.2, 0) is 6.54 Å². The highest BCUT2D eigenvalue weighted by Crippen LogP contribution is 2.38. The number of benzene rings is 1. The van der Waals surface area contributed by atoms with Crippen LogP contribution in [0, 0.1) is 10.1 Å². The average molecular weight is 382 g/mol. The first-order valence-electron chi connectivity index (χ1n) is 6.63. The smallest absolute Gasteiger partial charge is 0.329 e. The molecule has 3 N–H and O–H groups in total. The van der Waals surface area contributed by atoms with Crippen molar-refractivity contribution in [3.8, 4) is 11.5 Å². The van der Waals surface area contributed by atoms with Gasteiger partial charge in [0.15, 0.2) is 11.5 Å². The number of ether oxygens (including phenoxy) is 2. The van der Waals surface area contributed by atoms with Crippen molar-refractivity contribution < 1.29 is 14.4 Å². The minimum absolute atomic E-state index is 0.184. The first-order valence-corrected chi connectivity index (χ1v) is 7.42. The summed E-state index contributed by atoms with van der Waals surface area (Å²) >= 11 is 3.44. The molecule has 1 aliphatic rings. The van der Waals surface area contributed by atoms with E-state index in [1.807, 2.05) is 12.1 Å². The number of halogens is 1. The lowest BCUT2D eigenvalue weighted by Gasteiger charge is -2.20. The average Bonchev–Trinajstić information content (AvgIpc) is 2.53. The van der Waals surface area contributed by atoms with Crippen molar-refractivity contribution in [2.24, 2.45) is 0 Å². The van der Waals surface area contributed by atoms with Gasteiger partial charge in [0, 0.05) is 6.54 Å². The van der Waals surface area contributed by atoms with Gasteiger partial charge in [0.25, 0.3) is 0 Å². The molecule has 0 radical (unpaired) electrons. The first kappa shape index (κ1) is 15.3. The zero-order chi connectivity index (χ0) is 16.4. The number of fused-ring (bicyclic) bond motifs is 1. The molecule has 2 heterocycles. The molecule has 0 saturated carbocycles. The molecule has 0 atom stereocenters. The van der Waals surface area contributed by atoms with Gasteiger partial charge in [-0.15, -0.1) is 0 Å². The highest BCUT2D eigenvalue weighted by Gasteiger charge is 2.17. The van der Waals surface area contributed by atoms with Crippen LogP contribution in [0.4, 0.5) is 17.5 Å². The van der Waals surface area contributed by atoms with E-state index in [0.717, 1.165) is 16.2 Å². The van der Waals surface area contributed by atoms with E-state index in [4.69, 9.17) is 15.2 Å². The largest absolute Gasteiger partial charge is 0.486 e. The minimum Gasteiger partial charge on any atom is -0.486 e. The Morgan fingerprint density at radius 1 is 1.39 bits per heavy atom. The molecule has 1 aromatic heterocycles. The van der Waals surface area contributed by atoms with Crippen LogP contribution in [-0.4, -0.2) is 28.1 Å². The molecular formula is C13H12BrN5O4. The molecule has 0 fully saturated rings. The van der Waals surface area contributed by atoms with Crippen molar-refractivity contribution in [3.05, 3.63) is 38.5 Å². The molecule has 1 aromatic carbocycles. The molecule has 0 bridgehead atoms. The van der Waals surface area contributed by atoms with Gasteiger partial charge in [-0.3, -0.25) is 10.1 Å². The van der Waals surface area contributed by atoms with Crippen LogP contribution in [0.3, 0.4) is 0 Å². The van der Waals surface area contributed by atoms with E-state index in [0.29, 0.717) is 31.3 Å². The predicted octanol–water partition coefficient (Wildman–Crippen LogP) is 2.11. The van der Waals surface area contributed by atoms with Crippen molar-refractivity contribution in [1.82, 2.24) is 9.97 Å². The summed E-state index contributed by atoms with van der Waals surface area (Å²) in [5.41, 5.74) is 6.11. The summed E-state index contributed by atoms with van der Waals surface area (Å²) in [6.45, 7) is 1.41. The maximum Gasteiger partial charge on any atom is 0.329 e. The van der Waals surface area contributed by atoms with Crippen molar-refractivity contribution >= 4 is 33.4 Å². The van der Waals surface area contributed by atoms with Crippen LogP contribution in [0.15, 0.2) is 22.8 Å². The molecule has 9 nitrogen and oxygen atoms in total. The van der Waals surface area contributed by atoms with Gasteiger partial charge in [0.2, 0.25) is 11.8 Å². The van der Waals surface area contributed by atoms with E-state index >= 15 is 0 Å². The van der Waals surface area contributed by atoms with E-state index in [1.54, 1.807) is 0 Å². The van der Waals surface area contributed by atoms with Gasteiger partial charge >= 0.3 is 5.69 Å². The number of hydrogen-bond acceptors (Lipinski definition) is 8. The van der Waals surface area contributed by atoms with Gasteiger partial charge in [0.1, 0.15) is 19.4 Å². The van der Waals surface area contributed by atoms with E-state index in [9.17, 15) is 10.1 Å². The lowest BCUT2D eigenvalue weighted by atomic mass is 10.2. The Kier molecular flexibility index (Phi) is 4.15. The molecule has 3 rings (SSSR count). The predicted molar refractivity (Wildman–Crippen MR) is 85.6 cm³/mol. The summed E-state index contributed by atoms with van der Waals surface area (Å²) < 4.78 is 11.9. The number of hydrogen-bond donors (Lipinski definition) is 2. The fraction of sp³-hybridized carbons (Fsp3) is 0.231. The molecular weight excluding hydrogens is 370 g/mol. The van der Waals surface area contributed by atoms with E-state index in [1.165, 1.54) is 0 Å². The van der Waals surface area contributed by atoms with Crippen LogP contribution in [0.25, 0.3) is 0 Å². The monoisotopic (exact) mass is 381 g/mol. The number of nitro groups is 1. The zero-order valence-corrected chi connectivity index (χ0v) is 13.4. The number of nitrogens with one attached hydrogen (secondary N) is 1. The number of nitrogen functional groups attached to an aromatic ring is 1. The number of nitrogens with zero attached hydrogens (tertiary/aromatic N) is 3. The summed E-state index contributed by atoms with van der Waals surface area (Å²) in [6.07, 6.45) is 1.07. The van der Waals surface area contributed by atoms with Crippen LogP contribution in [0.2, 0.25) is 0 Å². The van der Waals surface area contributed by atoms with Gasteiger partial charge in [0.05, 0.1) is 9.40 Å². The van der Waals surface area contributed by atoms with E-state index in [-0.39, 0.29) is 17.5 Å². The number of anilines is 2. The Balaban J connectivity index is 1.75. The number of nitrogens with two attached hydrogens (primary N) is 1. The van der Waals surface area contributed by atoms with Gasteiger partial charge in [-0.25, -0.2) is 4.98 Å². The first-order chi connectivity index (χ1) is 11.0. The van der Waals surface area contributed by atoms with Crippen molar-refractivity contribution in [3.63, 3.8) is 0 Å².